The second-order valence-electron chi connectivity index (χ2n) is 9.38. The Morgan fingerprint density at radius 1 is 1.15 bits per heavy atom. The third kappa shape index (κ3) is 5.24. The van der Waals surface area contributed by atoms with Crippen LogP contribution >= 0.6 is 11.3 Å². The minimum absolute atomic E-state index is 0.0603. The van der Waals surface area contributed by atoms with Crippen molar-refractivity contribution >= 4 is 39.9 Å². The van der Waals surface area contributed by atoms with Crippen LogP contribution < -0.4 is 14.4 Å². The molecule has 0 saturated carbocycles. The highest BCUT2D eigenvalue weighted by molar-refractivity contribution is 7.17. The number of anilines is 1. The third-order valence-electron chi connectivity index (χ3n) is 6.23. The van der Waals surface area contributed by atoms with Crippen LogP contribution in [0.5, 0.6) is 17.2 Å². The largest absolute Gasteiger partial charge is 0.507 e. The number of aromatic hydroxyl groups is 1. The molecule has 11 heteroatoms. The summed E-state index contributed by atoms with van der Waals surface area (Å²) in [5, 5.41) is 21.9. The maximum Gasteiger partial charge on any atom is 0.350 e. The third-order valence-corrected chi connectivity index (χ3v) is 7.37. The lowest BCUT2D eigenvalue weighted by atomic mass is 9.93. The van der Waals surface area contributed by atoms with Gasteiger partial charge in [-0.3, -0.25) is 14.5 Å². The van der Waals surface area contributed by atoms with Crippen molar-refractivity contribution < 1.29 is 38.8 Å². The monoisotopic (exact) mass is 566 g/mol. The van der Waals surface area contributed by atoms with Gasteiger partial charge in [-0.2, -0.15) is 0 Å². The Morgan fingerprint density at radius 2 is 1.88 bits per heavy atom. The molecule has 0 spiro atoms. The number of aromatic nitrogens is 1. The summed E-state index contributed by atoms with van der Waals surface area (Å²) < 4.78 is 16.1. The molecule has 1 fully saturated rings. The number of thiazole rings is 1. The molecule has 2 heterocycles. The number of aliphatic hydroxyl groups is 1. The number of nitrogens with zero attached hydrogens (tertiary/aromatic N) is 2. The highest BCUT2D eigenvalue weighted by Crippen LogP contribution is 2.45. The van der Waals surface area contributed by atoms with Gasteiger partial charge in [0.1, 0.15) is 16.4 Å². The van der Waals surface area contributed by atoms with Crippen LogP contribution in [0.15, 0.2) is 42.0 Å². The number of phenols is 1. The molecular weight excluding hydrogens is 536 g/mol. The number of phenolic OH excluding ortho intramolecular Hbond substituents is 1. The standard InChI is InChI=1S/C29H30N2O8S/c1-7-38-21-13-17(8-11-20(21)32)23-22(24(33)19-10-9-18(12-15(19)4)39-14(2)3)25(34)27(35)31(23)29-30-16(5)26(40-29)28(36)37-6/h8-14,23,32-33H,7H2,1-6H3/t23-/m0/s1. The highest BCUT2D eigenvalue weighted by atomic mass is 32.1. The summed E-state index contributed by atoms with van der Waals surface area (Å²) in [6.45, 7) is 9.15. The second-order valence-corrected chi connectivity index (χ2v) is 10.4. The van der Waals surface area contributed by atoms with Gasteiger partial charge >= 0.3 is 11.9 Å². The van der Waals surface area contributed by atoms with Crippen molar-refractivity contribution in [3.63, 3.8) is 0 Å². The van der Waals surface area contributed by atoms with E-state index in [1.165, 1.54) is 25.3 Å². The number of carbonyl (C=O) groups is 3. The van der Waals surface area contributed by atoms with Gasteiger partial charge in [0, 0.05) is 5.56 Å². The van der Waals surface area contributed by atoms with Crippen LogP contribution in [0.25, 0.3) is 5.76 Å². The number of aliphatic hydroxyl groups excluding tert-OH is 1. The van der Waals surface area contributed by atoms with E-state index in [1.807, 2.05) is 13.8 Å². The summed E-state index contributed by atoms with van der Waals surface area (Å²) in [6, 6.07) is 8.32. The average Bonchev–Trinajstić information content (AvgIpc) is 3.41. The molecule has 1 aromatic heterocycles. The van der Waals surface area contributed by atoms with Crippen molar-refractivity contribution in [3.8, 4) is 17.2 Å². The molecule has 0 radical (unpaired) electrons. The number of amides is 1. The number of Topliss-reactive ketones (excluding diaryl/α,β-unsaturated/α-hetero) is 1. The zero-order valence-electron chi connectivity index (χ0n) is 23.0. The molecule has 210 valence electrons. The number of hydrogen-bond acceptors (Lipinski definition) is 10. The van der Waals surface area contributed by atoms with Crippen molar-refractivity contribution in [3.05, 3.63) is 69.2 Å². The zero-order chi connectivity index (χ0) is 29.3. The van der Waals surface area contributed by atoms with E-state index in [2.05, 4.69) is 4.98 Å². The first-order valence-electron chi connectivity index (χ1n) is 12.6. The maximum atomic E-state index is 13.5. The number of carbonyl (C=O) groups excluding carboxylic acids is 3. The Labute approximate surface area is 235 Å². The van der Waals surface area contributed by atoms with E-state index in [1.54, 1.807) is 39.0 Å². The van der Waals surface area contributed by atoms with Crippen molar-refractivity contribution in [2.24, 2.45) is 0 Å². The van der Waals surface area contributed by atoms with E-state index in [9.17, 15) is 24.6 Å². The molecule has 2 aromatic carbocycles. The summed E-state index contributed by atoms with van der Waals surface area (Å²) in [7, 11) is 1.24. The van der Waals surface area contributed by atoms with Gasteiger partial charge in [0.05, 0.1) is 37.1 Å². The van der Waals surface area contributed by atoms with Gasteiger partial charge in [-0.25, -0.2) is 9.78 Å². The van der Waals surface area contributed by atoms with Gasteiger partial charge < -0.3 is 24.4 Å². The molecule has 1 amide bonds. The van der Waals surface area contributed by atoms with E-state index < -0.39 is 23.7 Å². The summed E-state index contributed by atoms with van der Waals surface area (Å²) in [6.07, 6.45) is -0.0603. The van der Waals surface area contributed by atoms with E-state index in [-0.39, 0.29) is 45.6 Å². The van der Waals surface area contributed by atoms with Crippen LogP contribution in [0.4, 0.5) is 5.13 Å². The number of hydrogen-bond donors (Lipinski definition) is 2. The van der Waals surface area contributed by atoms with Crippen molar-refractivity contribution in [1.29, 1.82) is 0 Å². The SMILES string of the molecule is CCOc1cc([C@H]2C(=C(O)c3ccc(OC(C)C)cc3C)C(=O)C(=O)N2c2nc(C)c(C(=O)OC)s2)ccc1O. The van der Waals surface area contributed by atoms with E-state index in [0.29, 0.717) is 28.1 Å². The van der Waals surface area contributed by atoms with E-state index in [4.69, 9.17) is 14.2 Å². The zero-order valence-corrected chi connectivity index (χ0v) is 23.8. The average molecular weight is 567 g/mol. The number of methoxy groups -OCH3 is 1. The summed E-state index contributed by atoms with van der Waals surface area (Å²) in [4.78, 5) is 45.0. The molecule has 0 aliphatic carbocycles. The lowest BCUT2D eigenvalue weighted by Gasteiger charge is -2.24. The Kier molecular flexibility index (Phi) is 8.15. The summed E-state index contributed by atoms with van der Waals surface area (Å²) in [5.74, 6) is -2.26. The smallest absolute Gasteiger partial charge is 0.350 e. The highest BCUT2D eigenvalue weighted by Gasteiger charge is 2.48. The molecule has 0 unspecified atom stereocenters. The number of ketones is 1. The molecule has 0 bridgehead atoms. The first-order chi connectivity index (χ1) is 19.0. The van der Waals surface area contributed by atoms with Gasteiger partial charge in [-0.15, -0.1) is 0 Å². The fraction of sp³-hybridized carbons (Fsp3) is 0.310. The Hall–Kier alpha value is -4.38. The van der Waals surface area contributed by atoms with Crippen LogP contribution in [0.3, 0.4) is 0 Å². The topological polar surface area (TPSA) is 135 Å². The predicted octanol–water partition coefficient (Wildman–Crippen LogP) is 5.06. The first kappa shape index (κ1) is 28.6. The molecular formula is C29H30N2O8S. The van der Waals surface area contributed by atoms with Crippen LogP contribution in [0.1, 0.15) is 58.9 Å². The number of benzene rings is 2. The summed E-state index contributed by atoms with van der Waals surface area (Å²) >= 11 is 0.897. The van der Waals surface area contributed by atoms with Gasteiger partial charge in [-0.05, 0) is 76.1 Å². The van der Waals surface area contributed by atoms with E-state index in [0.717, 1.165) is 16.2 Å². The maximum absolute atomic E-state index is 13.5. The van der Waals surface area contributed by atoms with Crippen molar-refractivity contribution in [1.82, 2.24) is 4.98 Å². The minimum atomic E-state index is -1.14. The molecule has 3 aromatic rings. The quantitative estimate of drug-likeness (QED) is 0.166. The molecule has 40 heavy (non-hydrogen) atoms. The van der Waals surface area contributed by atoms with Gasteiger partial charge in [0.25, 0.3) is 5.78 Å². The lowest BCUT2D eigenvalue weighted by Crippen LogP contribution is -2.29. The molecule has 1 saturated heterocycles. The van der Waals surface area contributed by atoms with Gasteiger partial charge in [0.2, 0.25) is 0 Å². The fourth-order valence-corrected chi connectivity index (χ4v) is 5.49. The Bertz CT molecular complexity index is 1520. The summed E-state index contributed by atoms with van der Waals surface area (Å²) in [5.41, 5.74) is 1.50. The minimum Gasteiger partial charge on any atom is -0.507 e. The fourth-order valence-electron chi connectivity index (χ4n) is 4.48. The molecule has 10 nitrogen and oxygen atoms in total. The molecule has 4 rings (SSSR count). The molecule has 1 atom stereocenters. The van der Waals surface area contributed by atoms with Crippen molar-refractivity contribution in [2.75, 3.05) is 18.6 Å². The van der Waals surface area contributed by atoms with E-state index >= 15 is 0 Å². The number of aryl methyl sites for hydroxylation is 2. The van der Waals surface area contributed by atoms with Crippen LogP contribution in [-0.2, 0) is 14.3 Å². The molecule has 1 aliphatic rings. The van der Waals surface area contributed by atoms with Crippen LogP contribution in [-0.4, -0.2) is 52.7 Å². The van der Waals surface area contributed by atoms with Gasteiger partial charge in [-0.1, -0.05) is 17.4 Å². The van der Waals surface area contributed by atoms with Crippen LogP contribution in [0.2, 0.25) is 0 Å². The van der Waals surface area contributed by atoms with Gasteiger partial charge in [0.15, 0.2) is 16.6 Å². The Morgan fingerprint density at radius 3 is 2.50 bits per heavy atom. The predicted molar refractivity (Wildman–Crippen MR) is 149 cm³/mol. The first-order valence-corrected chi connectivity index (χ1v) is 13.4. The number of esters is 1. The van der Waals surface area contributed by atoms with Crippen molar-refractivity contribution in [2.45, 2.75) is 46.8 Å². The lowest BCUT2D eigenvalue weighted by molar-refractivity contribution is -0.132. The second kappa shape index (κ2) is 11.4. The molecule has 1 aliphatic heterocycles. The Balaban J connectivity index is 1.94. The van der Waals surface area contributed by atoms with Crippen LogP contribution in [0, 0.1) is 13.8 Å². The number of rotatable bonds is 8. The number of ether oxygens (including phenoxy) is 3. The molecule has 2 N–H and O–H groups in total. The normalized spacial score (nSPS) is 16.5.